The Kier molecular flexibility index (Phi) is 4.73. The molecule has 2 N–H and O–H groups in total. The van der Waals surface area contributed by atoms with Crippen LogP contribution in [0.2, 0.25) is 0 Å². The fourth-order valence-corrected chi connectivity index (χ4v) is 4.42. The number of carbonyl (C=O) groups excluding carboxylic acids is 1. The van der Waals surface area contributed by atoms with Gasteiger partial charge in [0.25, 0.3) is 5.91 Å². The molecule has 1 aromatic rings. The van der Waals surface area contributed by atoms with Crippen LogP contribution in [0, 0.1) is 5.92 Å². The molecule has 1 aromatic heterocycles. The molecule has 3 aliphatic rings. The zero-order valence-electron chi connectivity index (χ0n) is 12.9. The summed E-state index contributed by atoms with van der Waals surface area (Å²) in [6.07, 6.45) is 8.56. The summed E-state index contributed by atoms with van der Waals surface area (Å²) in [5.41, 5.74) is 2.92. The Hall–Kier alpha value is -1.07. The summed E-state index contributed by atoms with van der Waals surface area (Å²) in [7, 11) is 0. The van der Waals surface area contributed by atoms with Gasteiger partial charge >= 0.3 is 0 Å². The first kappa shape index (κ1) is 15.8. The summed E-state index contributed by atoms with van der Waals surface area (Å²) >= 11 is 0. The number of hydrogen-bond acceptors (Lipinski definition) is 3. The predicted octanol–water partition coefficient (Wildman–Crippen LogP) is 2.27. The Morgan fingerprint density at radius 2 is 2.00 bits per heavy atom. The Labute approximate surface area is 137 Å². The lowest BCUT2D eigenvalue weighted by molar-refractivity contribution is 0.0681. The van der Waals surface area contributed by atoms with Crippen molar-refractivity contribution in [3.8, 4) is 0 Å². The summed E-state index contributed by atoms with van der Waals surface area (Å²) in [5, 5.41) is 10.8. The minimum atomic E-state index is 0. The van der Waals surface area contributed by atoms with Gasteiger partial charge in [-0.15, -0.1) is 12.4 Å². The number of fused-ring (bicyclic) bond motifs is 1. The van der Waals surface area contributed by atoms with E-state index in [1.165, 1.54) is 32.1 Å². The fraction of sp³-hybridized carbons (Fsp3) is 0.750. The number of rotatable bonds is 2. The maximum absolute atomic E-state index is 13.0. The maximum Gasteiger partial charge on any atom is 0.274 e. The van der Waals surface area contributed by atoms with Crippen molar-refractivity contribution in [2.45, 2.75) is 57.5 Å². The molecule has 1 amide bonds. The third-order valence-electron chi connectivity index (χ3n) is 5.51. The van der Waals surface area contributed by atoms with Gasteiger partial charge in [-0.25, -0.2) is 0 Å². The van der Waals surface area contributed by atoms with Gasteiger partial charge in [0.1, 0.15) is 0 Å². The normalized spacial score (nSPS) is 25.1. The molecule has 2 aliphatic heterocycles. The number of nitrogens with one attached hydrogen (secondary N) is 2. The first-order valence-electron chi connectivity index (χ1n) is 8.42. The van der Waals surface area contributed by atoms with Gasteiger partial charge in [-0.2, -0.15) is 5.10 Å². The summed E-state index contributed by atoms with van der Waals surface area (Å²) in [6, 6.07) is 0.462. The molecule has 5 nitrogen and oxygen atoms in total. The number of aromatic amines is 1. The molecule has 4 rings (SSSR count). The van der Waals surface area contributed by atoms with Gasteiger partial charge in [-0.3, -0.25) is 9.89 Å². The SMILES string of the molecule is Cl.O=C(c1n[nH]c2c1CNCC2)N1CCCC1C1CCCC1. The average Bonchev–Trinajstić information content (AvgIpc) is 3.25. The topological polar surface area (TPSA) is 61.0 Å². The Balaban J connectivity index is 0.00000144. The zero-order chi connectivity index (χ0) is 14.2. The highest BCUT2D eigenvalue weighted by molar-refractivity contribution is 5.94. The molecule has 1 unspecified atom stereocenters. The molecule has 1 saturated carbocycles. The van der Waals surface area contributed by atoms with E-state index in [1.807, 2.05) is 0 Å². The van der Waals surface area contributed by atoms with Gasteiger partial charge in [0.15, 0.2) is 5.69 Å². The van der Waals surface area contributed by atoms with Crippen LogP contribution in [0.1, 0.15) is 60.3 Å². The Morgan fingerprint density at radius 1 is 1.18 bits per heavy atom. The number of likely N-dealkylation sites (tertiary alicyclic amines) is 1. The van der Waals surface area contributed by atoms with E-state index in [0.717, 1.165) is 49.7 Å². The van der Waals surface area contributed by atoms with Crippen molar-refractivity contribution in [3.63, 3.8) is 0 Å². The molecule has 6 heteroatoms. The van der Waals surface area contributed by atoms with E-state index in [4.69, 9.17) is 0 Å². The lowest BCUT2D eigenvalue weighted by atomic mass is 9.95. The van der Waals surface area contributed by atoms with Crippen molar-refractivity contribution < 1.29 is 4.79 Å². The van der Waals surface area contributed by atoms with Crippen LogP contribution >= 0.6 is 12.4 Å². The number of nitrogens with zero attached hydrogens (tertiary/aromatic N) is 2. The smallest absolute Gasteiger partial charge is 0.274 e. The fourth-order valence-electron chi connectivity index (χ4n) is 4.42. The molecule has 1 atom stereocenters. The second kappa shape index (κ2) is 6.59. The van der Waals surface area contributed by atoms with Crippen LogP contribution < -0.4 is 5.32 Å². The van der Waals surface area contributed by atoms with Crippen molar-refractivity contribution in [2.75, 3.05) is 13.1 Å². The largest absolute Gasteiger partial charge is 0.334 e. The van der Waals surface area contributed by atoms with Gasteiger partial charge < -0.3 is 10.2 Å². The van der Waals surface area contributed by atoms with E-state index in [2.05, 4.69) is 20.4 Å². The van der Waals surface area contributed by atoms with Crippen LogP contribution in [0.25, 0.3) is 0 Å². The minimum absolute atomic E-state index is 0. The van der Waals surface area contributed by atoms with Gasteiger partial charge in [0.2, 0.25) is 0 Å². The van der Waals surface area contributed by atoms with Gasteiger partial charge in [0, 0.05) is 43.4 Å². The molecule has 1 saturated heterocycles. The molecule has 2 fully saturated rings. The quantitative estimate of drug-likeness (QED) is 0.877. The number of carbonyl (C=O) groups is 1. The van der Waals surface area contributed by atoms with E-state index < -0.39 is 0 Å². The second-order valence-electron chi connectivity index (χ2n) is 6.71. The molecular formula is C16H25ClN4O. The summed E-state index contributed by atoms with van der Waals surface area (Å²) in [6.45, 7) is 2.65. The van der Waals surface area contributed by atoms with E-state index in [9.17, 15) is 4.79 Å². The van der Waals surface area contributed by atoms with Crippen molar-refractivity contribution >= 4 is 18.3 Å². The first-order valence-corrected chi connectivity index (χ1v) is 8.42. The molecule has 0 bridgehead atoms. The second-order valence-corrected chi connectivity index (χ2v) is 6.71. The Bertz CT molecular complexity index is 538. The average molecular weight is 325 g/mol. The van der Waals surface area contributed by atoms with Crippen molar-refractivity contribution in [2.24, 2.45) is 5.92 Å². The van der Waals surface area contributed by atoms with Crippen LogP contribution in [-0.2, 0) is 13.0 Å². The zero-order valence-corrected chi connectivity index (χ0v) is 13.8. The van der Waals surface area contributed by atoms with E-state index in [1.54, 1.807) is 0 Å². The Morgan fingerprint density at radius 3 is 2.82 bits per heavy atom. The molecule has 122 valence electrons. The molecule has 0 aromatic carbocycles. The molecule has 0 radical (unpaired) electrons. The van der Waals surface area contributed by atoms with E-state index >= 15 is 0 Å². The number of amides is 1. The monoisotopic (exact) mass is 324 g/mol. The van der Waals surface area contributed by atoms with Gasteiger partial charge in [-0.1, -0.05) is 12.8 Å². The third-order valence-corrected chi connectivity index (χ3v) is 5.51. The van der Waals surface area contributed by atoms with Crippen LogP contribution in [0.3, 0.4) is 0 Å². The number of aromatic nitrogens is 2. The minimum Gasteiger partial charge on any atom is -0.334 e. The maximum atomic E-state index is 13.0. The van der Waals surface area contributed by atoms with Crippen LogP contribution in [-0.4, -0.2) is 40.1 Å². The molecule has 1 aliphatic carbocycles. The van der Waals surface area contributed by atoms with Crippen molar-refractivity contribution in [1.82, 2.24) is 20.4 Å². The van der Waals surface area contributed by atoms with E-state index in [-0.39, 0.29) is 18.3 Å². The van der Waals surface area contributed by atoms with Crippen LogP contribution in [0.5, 0.6) is 0 Å². The molecular weight excluding hydrogens is 300 g/mol. The number of H-pyrrole nitrogens is 1. The van der Waals surface area contributed by atoms with Gasteiger partial charge in [-0.05, 0) is 31.6 Å². The molecule has 22 heavy (non-hydrogen) atoms. The number of hydrogen-bond donors (Lipinski definition) is 2. The van der Waals surface area contributed by atoms with Crippen molar-refractivity contribution in [1.29, 1.82) is 0 Å². The first-order chi connectivity index (χ1) is 10.3. The summed E-state index contributed by atoms with van der Waals surface area (Å²) in [4.78, 5) is 15.1. The van der Waals surface area contributed by atoms with Crippen LogP contribution in [0.15, 0.2) is 0 Å². The van der Waals surface area contributed by atoms with Crippen molar-refractivity contribution in [3.05, 3.63) is 17.0 Å². The highest BCUT2D eigenvalue weighted by Crippen LogP contribution is 2.36. The highest BCUT2D eigenvalue weighted by Gasteiger charge is 2.38. The third kappa shape index (κ3) is 2.65. The van der Waals surface area contributed by atoms with Crippen LogP contribution in [0.4, 0.5) is 0 Å². The number of halogens is 1. The highest BCUT2D eigenvalue weighted by atomic mass is 35.5. The molecule has 0 spiro atoms. The lowest BCUT2D eigenvalue weighted by Crippen LogP contribution is -2.40. The van der Waals surface area contributed by atoms with Gasteiger partial charge in [0.05, 0.1) is 0 Å². The lowest BCUT2D eigenvalue weighted by Gasteiger charge is -2.29. The summed E-state index contributed by atoms with van der Waals surface area (Å²) < 4.78 is 0. The summed E-state index contributed by atoms with van der Waals surface area (Å²) in [5.74, 6) is 0.884. The molecule has 3 heterocycles. The predicted molar refractivity (Wildman–Crippen MR) is 87.3 cm³/mol. The van der Waals surface area contributed by atoms with E-state index in [0.29, 0.717) is 11.7 Å². The standard InChI is InChI=1S/C16H24N4O.ClH/c21-16(15-12-10-17-8-7-13(12)18-19-15)20-9-3-6-14(20)11-4-1-2-5-11;/h11,14,17H,1-10H2,(H,18,19);1H.